The van der Waals surface area contributed by atoms with Crippen LogP contribution < -0.4 is 5.73 Å². The number of fused-ring (bicyclic) bond motifs is 7. The number of benzene rings is 5. The van der Waals surface area contributed by atoms with Crippen molar-refractivity contribution in [3.05, 3.63) is 186 Å². The maximum atomic E-state index is 5.77. The van der Waals surface area contributed by atoms with Crippen LogP contribution in [0.1, 0.15) is 62.9 Å². The van der Waals surface area contributed by atoms with Gasteiger partial charge in [0, 0.05) is 31.5 Å². The number of rotatable bonds is 8. The van der Waals surface area contributed by atoms with Crippen LogP contribution in [-0.2, 0) is 12.8 Å². The fourth-order valence-electron chi connectivity index (χ4n) is 6.74. The van der Waals surface area contributed by atoms with E-state index < -0.39 is 0 Å². The molecule has 0 bridgehead atoms. The van der Waals surface area contributed by atoms with Crippen molar-refractivity contribution in [3.63, 3.8) is 0 Å². The van der Waals surface area contributed by atoms with Crippen molar-refractivity contribution in [2.75, 3.05) is 0 Å². The summed E-state index contributed by atoms with van der Waals surface area (Å²) in [6.45, 7) is 8.32. The van der Waals surface area contributed by atoms with E-state index in [4.69, 9.17) is 5.73 Å². The van der Waals surface area contributed by atoms with E-state index in [0.29, 0.717) is 0 Å². The monoisotopic (exact) mass is 742 g/mol. The Bertz CT molecular complexity index is 2370. The molecule has 4 heteroatoms. The molecule has 0 saturated heterocycles. The van der Waals surface area contributed by atoms with Crippen LogP contribution in [0.4, 0.5) is 0 Å². The number of aryl methyl sites for hydroxylation is 1. The van der Waals surface area contributed by atoms with Crippen LogP contribution in [-0.4, -0.2) is 4.57 Å². The Labute approximate surface area is 330 Å². The van der Waals surface area contributed by atoms with Crippen molar-refractivity contribution in [2.45, 2.75) is 73.0 Å². The van der Waals surface area contributed by atoms with E-state index in [1.54, 1.807) is 6.20 Å². The fourth-order valence-corrected chi connectivity index (χ4v) is 9.18. The summed E-state index contributed by atoms with van der Waals surface area (Å²) >= 11 is 3.79. The van der Waals surface area contributed by atoms with Crippen molar-refractivity contribution in [3.8, 4) is 0 Å². The first-order chi connectivity index (χ1) is 26.6. The van der Waals surface area contributed by atoms with Crippen molar-refractivity contribution >= 4 is 62.5 Å². The highest BCUT2D eigenvalue weighted by molar-refractivity contribution is 8.05. The molecule has 5 aromatic carbocycles. The van der Waals surface area contributed by atoms with E-state index in [-0.39, 0.29) is 0 Å². The second kappa shape index (κ2) is 19.3. The molecule has 2 nitrogen and oxygen atoms in total. The van der Waals surface area contributed by atoms with Gasteiger partial charge in [-0.2, -0.15) is 0 Å². The van der Waals surface area contributed by atoms with Gasteiger partial charge in [-0.1, -0.05) is 166 Å². The van der Waals surface area contributed by atoms with Crippen LogP contribution >= 0.6 is 23.5 Å². The lowest BCUT2D eigenvalue weighted by Gasteiger charge is -2.21. The van der Waals surface area contributed by atoms with E-state index in [1.165, 1.54) is 69.2 Å². The van der Waals surface area contributed by atoms with Gasteiger partial charge in [-0.3, -0.25) is 0 Å². The lowest BCUT2D eigenvalue weighted by Crippen LogP contribution is -2.02. The molecule has 2 aliphatic rings. The Morgan fingerprint density at radius 2 is 1.46 bits per heavy atom. The van der Waals surface area contributed by atoms with Gasteiger partial charge in [0.25, 0.3) is 0 Å². The number of nitrogens with zero attached hydrogens (tertiary/aromatic N) is 1. The third-order valence-electron chi connectivity index (χ3n) is 9.38. The summed E-state index contributed by atoms with van der Waals surface area (Å²) in [7, 11) is 0. The summed E-state index contributed by atoms with van der Waals surface area (Å²) < 4.78 is 2.44. The average Bonchev–Trinajstić information content (AvgIpc) is 3.57. The van der Waals surface area contributed by atoms with E-state index in [1.807, 2.05) is 49.5 Å². The van der Waals surface area contributed by atoms with Crippen LogP contribution in [0.2, 0.25) is 0 Å². The predicted molar refractivity (Wildman–Crippen MR) is 239 cm³/mol. The van der Waals surface area contributed by atoms with Crippen LogP contribution in [0.3, 0.4) is 0 Å². The molecule has 0 fully saturated rings. The summed E-state index contributed by atoms with van der Waals surface area (Å²) in [4.78, 5) is 5.32. The molecule has 0 unspecified atom stereocenters. The molecular formula is C50H50N2S2. The van der Waals surface area contributed by atoms with Crippen molar-refractivity contribution in [1.82, 2.24) is 4.57 Å². The maximum Gasteiger partial charge on any atom is 0.0688 e. The summed E-state index contributed by atoms with van der Waals surface area (Å²) in [5, 5.41) is 3.93. The maximum absolute atomic E-state index is 5.77. The zero-order chi connectivity index (χ0) is 37.7. The van der Waals surface area contributed by atoms with Gasteiger partial charge in [-0.25, -0.2) is 0 Å². The topological polar surface area (TPSA) is 30.9 Å². The van der Waals surface area contributed by atoms with Gasteiger partial charge in [0.05, 0.1) is 10.4 Å². The van der Waals surface area contributed by atoms with E-state index >= 15 is 0 Å². The summed E-state index contributed by atoms with van der Waals surface area (Å²) in [6.07, 6.45) is 25.3. The highest BCUT2D eigenvalue weighted by Crippen LogP contribution is 2.53. The zero-order valence-corrected chi connectivity index (χ0v) is 33.5. The number of allylic oxidation sites excluding steroid dienone is 10. The molecule has 54 heavy (non-hydrogen) atoms. The Hall–Kier alpha value is -5.16. The minimum absolute atomic E-state index is 1.00. The molecular weight excluding hydrogens is 693 g/mol. The Morgan fingerprint density at radius 3 is 2.17 bits per heavy atom. The first-order valence-electron chi connectivity index (χ1n) is 19.1. The molecule has 272 valence electrons. The van der Waals surface area contributed by atoms with Gasteiger partial charge in [0.2, 0.25) is 0 Å². The number of aromatic nitrogens is 1. The quantitative estimate of drug-likeness (QED) is 0.157. The van der Waals surface area contributed by atoms with Gasteiger partial charge in [-0.05, 0) is 114 Å². The number of nitrogens with two attached hydrogens (primary N) is 1. The summed E-state index contributed by atoms with van der Waals surface area (Å²) in [5.41, 5.74) is 14.9. The highest BCUT2D eigenvalue weighted by Gasteiger charge is 2.26. The van der Waals surface area contributed by atoms with Gasteiger partial charge in [0.1, 0.15) is 0 Å². The Balaban J connectivity index is 0.000000231. The predicted octanol–water partition coefficient (Wildman–Crippen LogP) is 14.6. The van der Waals surface area contributed by atoms with Gasteiger partial charge in [-0.15, -0.1) is 0 Å². The van der Waals surface area contributed by atoms with Crippen LogP contribution in [0.25, 0.3) is 39.0 Å². The highest BCUT2D eigenvalue weighted by atomic mass is 32.2. The molecule has 1 aromatic heterocycles. The molecule has 1 aliphatic heterocycles. The minimum Gasteiger partial charge on any atom is -0.405 e. The van der Waals surface area contributed by atoms with Crippen LogP contribution in [0, 0.1) is 0 Å². The second-order valence-corrected chi connectivity index (χ2v) is 15.0. The van der Waals surface area contributed by atoms with Crippen LogP contribution in [0.15, 0.2) is 184 Å². The first-order valence-corrected chi connectivity index (χ1v) is 20.7. The summed E-state index contributed by atoms with van der Waals surface area (Å²) in [6, 6.07) is 39.0. The summed E-state index contributed by atoms with van der Waals surface area (Å²) in [5.74, 6) is 0. The van der Waals surface area contributed by atoms with Crippen LogP contribution in [0.5, 0.6) is 0 Å². The minimum atomic E-state index is 1.00. The SMILES string of the molecule is C/C(=C\Cc1ccccc1)c1ccccc1.CC.CC\C=C/C=C/C(=C\C=C/N)n1c2c(c3ccc4c(c31)Sc1cc3ccccc3cc1S4)CCC=C2. The van der Waals surface area contributed by atoms with Gasteiger partial charge >= 0.3 is 0 Å². The normalized spacial score (nSPS) is 13.8. The second-order valence-electron chi connectivity index (χ2n) is 12.9. The molecule has 0 spiro atoms. The molecule has 6 aromatic rings. The van der Waals surface area contributed by atoms with Gasteiger partial charge < -0.3 is 10.3 Å². The van der Waals surface area contributed by atoms with Crippen molar-refractivity contribution in [2.24, 2.45) is 5.73 Å². The molecule has 0 radical (unpaired) electrons. The third-order valence-corrected chi connectivity index (χ3v) is 11.9. The molecule has 2 heterocycles. The zero-order valence-electron chi connectivity index (χ0n) is 31.8. The van der Waals surface area contributed by atoms with E-state index in [9.17, 15) is 0 Å². The molecule has 1 aliphatic carbocycles. The molecule has 0 amide bonds. The lowest BCUT2D eigenvalue weighted by molar-refractivity contribution is 0.973. The largest absolute Gasteiger partial charge is 0.405 e. The molecule has 0 saturated carbocycles. The number of hydrogen-bond acceptors (Lipinski definition) is 3. The van der Waals surface area contributed by atoms with Crippen molar-refractivity contribution < 1.29 is 0 Å². The Morgan fingerprint density at radius 1 is 0.778 bits per heavy atom. The Kier molecular flexibility index (Phi) is 13.7. The molecule has 2 N–H and O–H groups in total. The fraction of sp³-hybridized carbons (Fsp3) is 0.160. The van der Waals surface area contributed by atoms with E-state index in [2.05, 4.69) is 170 Å². The molecule has 0 atom stereocenters. The molecule has 8 rings (SSSR count). The third kappa shape index (κ3) is 8.95. The average molecular weight is 743 g/mol. The smallest absolute Gasteiger partial charge is 0.0688 e. The lowest BCUT2D eigenvalue weighted by atomic mass is 10.0. The van der Waals surface area contributed by atoms with Crippen molar-refractivity contribution in [1.29, 1.82) is 0 Å². The van der Waals surface area contributed by atoms with Gasteiger partial charge in [0.15, 0.2) is 0 Å². The standard InChI is InChI=1S/C32H28N2S2.C16H16.C2H6/c1-2-3-4-5-13-24(14-10-19-33)34-27-16-9-8-15-25(27)26-17-18-28-32(31(26)34)36-30-21-23-12-7-6-11-22(23)20-29(30)35-28;1-14(16-10-6-3-7-11-16)12-13-15-8-4-2-5-9-15;1-2/h3-7,9-14,16-21H,2,8,15,33H2,1H3;2-12H,13H2,1H3;1-2H3/b4-3-,13-5+,19-10-,24-14+;14-12+;. The van der Waals surface area contributed by atoms with E-state index in [0.717, 1.165) is 31.4 Å². The first kappa shape index (κ1) is 38.6. The number of hydrogen-bond donors (Lipinski definition) is 1.